The van der Waals surface area contributed by atoms with Crippen molar-refractivity contribution in [3.8, 4) is 0 Å². The quantitative estimate of drug-likeness (QED) is 0.649. The van der Waals surface area contributed by atoms with Gasteiger partial charge in [-0.3, -0.25) is 9.59 Å². The Labute approximate surface area is 75.1 Å². The summed E-state index contributed by atoms with van der Waals surface area (Å²) in [6.45, 7) is 3.53. The molecule has 0 saturated heterocycles. The number of rotatable bonds is 3. The Balaban J connectivity index is 3.13. The summed E-state index contributed by atoms with van der Waals surface area (Å²) in [5.74, 6) is -0.716. The van der Waals surface area contributed by atoms with E-state index in [0.717, 1.165) is 0 Å². The molecule has 1 heterocycles. The van der Waals surface area contributed by atoms with Crippen LogP contribution in [0, 0.1) is 0 Å². The first kappa shape index (κ1) is 9.25. The molecule has 0 aliphatic rings. The van der Waals surface area contributed by atoms with Crippen molar-refractivity contribution >= 4 is 5.91 Å². The maximum atomic E-state index is 11.2. The second-order valence-electron chi connectivity index (χ2n) is 2.58. The number of H-pyrrole nitrogens is 1. The Kier molecular flexibility index (Phi) is 2.64. The van der Waals surface area contributed by atoms with Gasteiger partial charge < -0.3 is 10.7 Å². The Morgan fingerprint density at radius 2 is 2.31 bits per heavy atom. The number of hydrogen-bond donors (Lipinski definition) is 2. The lowest BCUT2D eigenvalue weighted by molar-refractivity contribution is 0.0999. The van der Waals surface area contributed by atoms with Crippen molar-refractivity contribution in [2.75, 3.05) is 0 Å². The number of hydrogen-bond acceptors (Lipinski definition) is 2. The highest BCUT2D eigenvalue weighted by atomic mass is 16.2. The molecule has 4 heteroatoms. The van der Waals surface area contributed by atoms with Gasteiger partial charge in [-0.25, -0.2) is 0 Å². The molecule has 0 atom stereocenters. The first-order valence-electron chi connectivity index (χ1n) is 3.78. The summed E-state index contributed by atoms with van der Waals surface area (Å²) in [6, 6.07) is 3.06. The number of pyridine rings is 1. The highest BCUT2D eigenvalue weighted by Crippen LogP contribution is 1.95. The maximum absolute atomic E-state index is 11.2. The predicted octanol–water partition coefficient (Wildman–Crippen LogP) is 0.202. The van der Waals surface area contributed by atoms with Gasteiger partial charge in [0.1, 0.15) is 5.56 Å². The number of allylic oxidation sites excluding steroid dienone is 1. The van der Waals surface area contributed by atoms with E-state index >= 15 is 0 Å². The summed E-state index contributed by atoms with van der Waals surface area (Å²) < 4.78 is 0. The van der Waals surface area contributed by atoms with Gasteiger partial charge in [0, 0.05) is 12.1 Å². The average Bonchev–Trinajstić information content (AvgIpc) is 2.04. The van der Waals surface area contributed by atoms with Gasteiger partial charge in [0.2, 0.25) is 0 Å². The topological polar surface area (TPSA) is 76.0 Å². The molecule has 1 amide bonds. The molecule has 1 aromatic rings. The van der Waals surface area contributed by atoms with Crippen molar-refractivity contribution < 1.29 is 4.79 Å². The summed E-state index contributed by atoms with van der Waals surface area (Å²) >= 11 is 0. The summed E-state index contributed by atoms with van der Waals surface area (Å²) in [5.41, 5.74) is 5.20. The molecule has 13 heavy (non-hydrogen) atoms. The van der Waals surface area contributed by atoms with E-state index in [2.05, 4.69) is 11.6 Å². The van der Waals surface area contributed by atoms with E-state index in [-0.39, 0.29) is 5.56 Å². The van der Waals surface area contributed by atoms with E-state index in [4.69, 9.17) is 5.73 Å². The summed E-state index contributed by atoms with van der Waals surface area (Å²) in [5, 5.41) is 0. The third-order valence-electron chi connectivity index (χ3n) is 1.60. The second-order valence-corrected chi connectivity index (χ2v) is 2.58. The standard InChI is InChI=1S/C9H10N2O2/c1-2-3-6-4-5-7(8(10)12)9(13)11-6/h2,4-5H,1,3H2,(H2,10,12)(H,11,13). The largest absolute Gasteiger partial charge is 0.365 e. The van der Waals surface area contributed by atoms with Gasteiger partial charge >= 0.3 is 0 Å². The number of aromatic nitrogens is 1. The maximum Gasteiger partial charge on any atom is 0.260 e. The van der Waals surface area contributed by atoms with Crippen LogP contribution in [0.15, 0.2) is 29.6 Å². The van der Waals surface area contributed by atoms with Crippen LogP contribution in [-0.4, -0.2) is 10.9 Å². The monoisotopic (exact) mass is 178 g/mol. The summed E-state index contributed by atoms with van der Waals surface area (Å²) in [7, 11) is 0. The molecule has 1 rings (SSSR count). The molecule has 0 fully saturated rings. The van der Waals surface area contributed by atoms with Gasteiger partial charge in [0.15, 0.2) is 0 Å². The van der Waals surface area contributed by atoms with Crippen molar-refractivity contribution in [1.29, 1.82) is 0 Å². The Morgan fingerprint density at radius 1 is 1.62 bits per heavy atom. The molecular formula is C9H10N2O2. The molecule has 0 aliphatic heterocycles. The number of nitrogens with two attached hydrogens (primary N) is 1. The molecule has 0 spiro atoms. The lowest BCUT2D eigenvalue weighted by atomic mass is 10.2. The summed E-state index contributed by atoms with van der Waals surface area (Å²) in [6.07, 6.45) is 2.23. The van der Waals surface area contributed by atoms with E-state index in [1.807, 2.05) is 0 Å². The Hall–Kier alpha value is -1.84. The molecule has 68 valence electrons. The molecule has 0 bridgehead atoms. The van der Waals surface area contributed by atoms with E-state index in [0.29, 0.717) is 12.1 Å². The van der Waals surface area contributed by atoms with Gasteiger partial charge in [-0.05, 0) is 12.1 Å². The van der Waals surface area contributed by atoms with Crippen molar-refractivity contribution in [1.82, 2.24) is 4.98 Å². The predicted molar refractivity (Wildman–Crippen MR) is 49.5 cm³/mol. The first-order valence-corrected chi connectivity index (χ1v) is 3.78. The first-order chi connectivity index (χ1) is 6.15. The average molecular weight is 178 g/mol. The minimum atomic E-state index is -0.716. The van der Waals surface area contributed by atoms with Crippen molar-refractivity contribution in [3.05, 3.63) is 46.4 Å². The molecule has 1 aromatic heterocycles. The van der Waals surface area contributed by atoms with Crippen LogP contribution in [0.25, 0.3) is 0 Å². The lowest BCUT2D eigenvalue weighted by Crippen LogP contribution is -2.23. The molecule has 0 unspecified atom stereocenters. The zero-order valence-corrected chi connectivity index (χ0v) is 7.04. The number of nitrogens with one attached hydrogen (secondary N) is 1. The van der Waals surface area contributed by atoms with Gasteiger partial charge in [-0.15, -0.1) is 6.58 Å². The smallest absolute Gasteiger partial charge is 0.260 e. The fourth-order valence-corrected chi connectivity index (χ4v) is 0.983. The lowest BCUT2D eigenvalue weighted by Gasteiger charge is -1.97. The van der Waals surface area contributed by atoms with Crippen molar-refractivity contribution in [2.45, 2.75) is 6.42 Å². The molecule has 0 aromatic carbocycles. The van der Waals surface area contributed by atoms with E-state index in [1.54, 1.807) is 12.1 Å². The zero-order valence-electron chi connectivity index (χ0n) is 7.04. The number of primary amides is 1. The Morgan fingerprint density at radius 3 is 2.77 bits per heavy atom. The fourth-order valence-electron chi connectivity index (χ4n) is 0.983. The second kappa shape index (κ2) is 3.71. The van der Waals surface area contributed by atoms with Crippen LogP contribution in [0.2, 0.25) is 0 Å². The zero-order chi connectivity index (χ0) is 9.84. The molecule has 4 nitrogen and oxygen atoms in total. The highest BCUT2D eigenvalue weighted by molar-refractivity contribution is 5.92. The minimum absolute atomic E-state index is 0.0205. The molecule has 0 radical (unpaired) electrons. The van der Waals surface area contributed by atoms with E-state index in [1.165, 1.54) is 6.07 Å². The minimum Gasteiger partial charge on any atom is -0.365 e. The van der Waals surface area contributed by atoms with Crippen LogP contribution >= 0.6 is 0 Å². The van der Waals surface area contributed by atoms with Crippen molar-refractivity contribution in [3.63, 3.8) is 0 Å². The number of amides is 1. The van der Waals surface area contributed by atoms with Crippen LogP contribution in [0.4, 0.5) is 0 Å². The van der Waals surface area contributed by atoms with E-state index in [9.17, 15) is 9.59 Å². The van der Waals surface area contributed by atoms with Gasteiger partial charge in [-0.2, -0.15) is 0 Å². The summed E-state index contributed by atoms with van der Waals surface area (Å²) in [4.78, 5) is 24.4. The number of carbonyl (C=O) groups excluding carboxylic acids is 1. The molecular weight excluding hydrogens is 168 g/mol. The molecule has 0 aliphatic carbocycles. The van der Waals surface area contributed by atoms with Crippen LogP contribution in [0.5, 0.6) is 0 Å². The van der Waals surface area contributed by atoms with E-state index < -0.39 is 11.5 Å². The van der Waals surface area contributed by atoms with Gasteiger partial charge in [0.25, 0.3) is 11.5 Å². The number of aromatic amines is 1. The van der Waals surface area contributed by atoms with Crippen LogP contribution in [-0.2, 0) is 6.42 Å². The van der Waals surface area contributed by atoms with Gasteiger partial charge in [-0.1, -0.05) is 6.08 Å². The molecule has 3 N–H and O–H groups in total. The molecule has 0 saturated carbocycles. The van der Waals surface area contributed by atoms with Crippen LogP contribution < -0.4 is 11.3 Å². The highest BCUT2D eigenvalue weighted by Gasteiger charge is 2.05. The number of carbonyl (C=O) groups is 1. The fraction of sp³-hybridized carbons (Fsp3) is 0.111. The van der Waals surface area contributed by atoms with Crippen molar-refractivity contribution in [2.24, 2.45) is 5.73 Å². The normalized spacial score (nSPS) is 9.54. The third-order valence-corrected chi connectivity index (χ3v) is 1.60. The van der Waals surface area contributed by atoms with Gasteiger partial charge in [0.05, 0.1) is 0 Å². The Bertz CT molecular complexity index is 393. The SMILES string of the molecule is C=CCc1ccc(C(N)=O)c(=O)[nH]1. The third kappa shape index (κ3) is 2.05. The van der Waals surface area contributed by atoms with Crippen LogP contribution in [0.3, 0.4) is 0 Å². The van der Waals surface area contributed by atoms with Crippen LogP contribution in [0.1, 0.15) is 16.1 Å².